The molecule has 4 saturated carbocycles. The van der Waals surface area contributed by atoms with Crippen LogP contribution in [0.4, 0.5) is 8.78 Å². The molecule has 8 fully saturated rings. The highest BCUT2D eigenvalue weighted by molar-refractivity contribution is 8.13. The van der Waals surface area contributed by atoms with Crippen molar-refractivity contribution in [2.24, 2.45) is 23.7 Å². The third kappa shape index (κ3) is 25.7. The number of hydrogen-bond acceptors (Lipinski definition) is 14. The van der Waals surface area contributed by atoms with Crippen LogP contribution in [-0.4, -0.2) is 167 Å². The number of carbonyl (C=O) groups is 4. The summed E-state index contributed by atoms with van der Waals surface area (Å²) < 4.78 is 77.0. The van der Waals surface area contributed by atoms with Crippen molar-refractivity contribution in [3.8, 4) is 11.5 Å². The fraction of sp³-hybridized carbons (Fsp3) is 0.512. The number of aliphatic hydroxyl groups excluding tert-OH is 2. The van der Waals surface area contributed by atoms with Crippen LogP contribution in [0.2, 0.25) is 20.1 Å². The fourth-order valence-electron chi connectivity index (χ4n) is 15.3. The molecule has 6 aromatic carbocycles. The van der Waals surface area contributed by atoms with Crippen molar-refractivity contribution in [2.45, 2.75) is 150 Å². The van der Waals surface area contributed by atoms with Gasteiger partial charge in [0.05, 0.1) is 47.4 Å². The van der Waals surface area contributed by atoms with Crippen molar-refractivity contribution in [3.63, 3.8) is 0 Å². The number of aliphatic hydroxyl groups is 2. The molecule has 4 atom stereocenters. The van der Waals surface area contributed by atoms with Gasteiger partial charge < -0.3 is 45.2 Å². The molecule has 4 heterocycles. The maximum atomic E-state index is 13.5. The van der Waals surface area contributed by atoms with Crippen LogP contribution in [0.3, 0.4) is 0 Å². The highest BCUT2D eigenvalue weighted by Gasteiger charge is 2.51. The van der Waals surface area contributed by atoms with Gasteiger partial charge in [-0.2, -0.15) is 8.42 Å². The van der Waals surface area contributed by atoms with Crippen LogP contribution in [-0.2, 0) is 64.2 Å². The van der Waals surface area contributed by atoms with E-state index in [1.54, 1.807) is 24.3 Å². The van der Waals surface area contributed by atoms with Gasteiger partial charge >= 0.3 is 5.97 Å². The van der Waals surface area contributed by atoms with Gasteiger partial charge in [-0.1, -0.05) is 121 Å². The van der Waals surface area contributed by atoms with E-state index in [4.69, 9.17) is 65.5 Å². The highest BCUT2D eigenvalue weighted by atomic mass is 35.7. The van der Waals surface area contributed by atoms with E-state index < -0.39 is 36.0 Å². The molecule has 3 amide bonds. The van der Waals surface area contributed by atoms with Crippen molar-refractivity contribution >= 4 is 99.9 Å². The van der Waals surface area contributed by atoms with Crippen LogP contribution in [0, 0.1) is 35.3 Å². The molecular weight excluding hydrogens is 1540 g/mol. The van der Waals surface area contributed by atoms with E-state index in [1.165, 1.54) is 49.2 Å². The second-order valence-electron chi connectivity index (χ2n) is 29.8. The molecule has 0 bridgehead atoms. The van der Waals surface area contributed by atoms with Crippen molar-refractivity contribution in [2.75, 3.05) is 91.3 Å². The minimum absolute atomic E-state index is 0.0646. The standard InChI is InChI=1S/C23H25ClFNO2.C18H24ClNO4S.C17H22ClNO2.C11H11ClO2.C6H5FO.C6H13NO.CH3ClO2S/c24-19-6-4-18(5-7-19)23(12-2-13-23)22(27)26-14-1-3-17(15-26)16-28-21-10-8-20(25)9-11-21;1-25(22,23)24-13-14-4-2-11-20(12-14)17(21)18(9-3-10-18)15-5-7-16(19)8-6-15;18-15-6-4-14(5-7-15)17(8-2-9-17)16(21)19-10-1-3-13(11-19)12-20;12-9-4-2-8(3-5-9)11(10(13)14)6-1-7-11;7-5-1-3-6(8)4-2-5;8-5-6-2-1-3-7-4-6;1-5(2,3)4/h4-11,17H,1-3,12-16H2;5-8,14H,2-4,9-13H2,1H3;4-7,13,20H,1-3,8-12H2;2-5H,1,6-7H2,(H,13,14);1-4,8H;6-8H,1-5H2;1H3. The third-order valence-electron chi connectivity index (χ3n) is 22.0. The number of carboxylic acid groups (broad SMARTS) is 1. The summed E-state index contributed by atoms with van der Waals surface area (Å²) in [5.41, 5.74) is 2.27. The number of carbonyl (C=O) groups excluding carboxylic acids is 3. The maximum absolute atomic E-state index is 13.5. The number of ether oxygens (including phenoxy) is 1. The number of rotatable bonds is 16. The maximum Gasteiger partial charge on any atom is 0.314 e. The lowest BCUT2D eigenvalue weighted by Gasteiger charge is -2.46. The van der Waals surface area contributed by atoms with Gasteiger partial charge in [0.25, 0.3) is 10.1 Å². The van der Waals surface area contributed by atoms with E-state index in [9.17, 15) is 55.0 Å². The van der Waals surface area contributed by atoms with E-state index in [-0.39, 0.29) is 71.0 Å². The third-order valence-corrected chi connectivity index (χ3v) is 23.6. The molecule has 0 spiro atoms. The molecule has 6 aromatic rings. The van der Waals surface area contributed by atoms with Gasteiger partial charge in [0.2, 0.25) is 26.8 Å². The van der Waals surface area contributed by atoms with Crippen LogP contribution < -0.4 is 10.1 Å². The molecule has 5 N–H and O–H groups in total. The van der Waals surface area contributed by atoms with Crippen LogP contribution in [0.25, 0.3) is 0 Å². The predicted octanol–water partition coefficient (Wildman–Crippen LogP) is 15.7. The number of amides is 3. The number of halogens is 7. The molecule has 4 aliphatic heterocycles. The summed E-state index contributed by atoms with van der Waals surface area (Å²) in [4.78, 5) is 56.8. The molecule has 109 heavy (non-hydrogen) atoms. The summed E-state index contributed by atoms with van der Waals surface area (Å²) in [5.74, 6) is 1.22. The monoisotopic (exact) mass is 1640 g/mol. The molecule has 4 aliphatic carbocycles. The quantitative estimate of drug-likeness (QED) is 0.0446. The summed E-state index contributed by atoms with van der Waals surface area (Å²) in [6, 6.07) is 41.3. The first-order valence-electron chi connectivity index (χ1n) is 37.5. The van der Waals surface area contributed by atoms with Crippen molar-refractivity contribution in [3.05, 3.63) is 200 Å². The van der Waals surface area contributed by atoms with Gasteiger partial charge in [-0.05, 0) is 240 Å². The van der Waals surface area contributed by atoms with E-state index in [2.05, 4.69) is 16.0 Å². The number of piperidine rings is 4. The number of nitrogens with one attached hydrogen (secondary N) is 1. The number of phenols is 1. The number of nitrogens with zero attached hydrogens (tertiary/aromatic N) is 3. The van der Waals surface area contributed by atoms with Gasteiger partial charge in [-0.25, -0.2) is 17.2 Å². The number of likely N-dealkylation sites (tertiary alicyclic amines) is 3. The lowest BCUT2D eigenvalue weighted by atomic mass is 9.63. The molecule has 596 valence electrons. The number of benzene rings is 6. The molecule has 0 radical (unpaired) electrons. The van der Waals surface area contributed by atoms with Crippen LogP contribution in [0.1, 0.15) is 151 Å². The van der Waals surface area contributed by atoms with Crippen LogP contribution in [0.5, 0.6) is 11.5 Å². The number of carboxylic acids is 1. The Kier molecular flexibility index (Phi) is 33.7. The number of aromatic hydroxyl groups is 1. The molecule has 8 aliphatic rings. The number of aliphatic carboxylic acids is 1. The summed E-state index contributed by atoms with van der Waals surface area (Å²) in [5, 5.41) is 41.7. The summed E-state index contributed by atoms with van der Waals surface area (Å²) in [6.07, 6.45) is 21.3. The average molecular weight is 1650 g/mol. The Bertz CT molecular complexity index is 4070. The Morgan fingerprint density at radius 3 is 1.06 bits per heavy atom. The highest BCUT2D eigenvalue weighted by Crippen LogP contribution is 2.49. The zero-order valence-electron chi connectivity index (χ0n) is 62.0. The van der Waals surface area contributed by atoms with Gasteiger partial charge in [-0.3, -0.25) is 23.4 Å². The molecule has 4 saturated heterocycles. The van der Waals surface area contributed by atoms with E-state index in [0.717, 1.165) is 190 Å². The molecule has 27 heteroatoms. The van der Waals surface area contributed by atoms with E-state index in [0.29, 0.717) is 64.0 Å². The first-order chi connectivity index (χ1) is 51.9. The lowest BCUT2D eigenvalue weighted by Crippen LogP contribution is -2.54. The zero-order chi connectivity index (χ0) is 79.0. The smallest absolute Gasteiger partial charge is 0.314 e. The Morgan fingerprint density at radius 2 is 0.771 bits per heavy atom. The molecule has 4 unspecified atom stereocenters. The Labute approximate surface area is 665 Å². The van der Waals surface area contributed by atoms with Gasteiger partial charge in [0.1, 0.15) is 23.1 Å². The number of phenolic OH excluding ortho intramolecular Hbond substituents is 1. The van der Waals surface area contributed by atoms with E-state index in [1.807, 2.05) is 99.6 Å². The van der Waals surface area contributed by atoms with Gasteiger partial charge in [0.15, 0.2) is 0 Å². The Balaban J connectivity index is 0.000000170. The predicted molar refractivity (Wildman–Crippen MR) is 425 cm³/mol. The van der Waals surface area contributed by atoms with Crippen molar-refractivity contribution in [1.29, 1.82) is 0 Å². The SMILES string of the molecule is CS(=O)(=O)Cl.CS(=O)(=O)OCC1CCCN(C(=O)C2(c3ccc(Cl)cc3)CCC2)C1.O=C(N1CCCC(CO)C1)C1(c2ccc(Cl)cc2)CCC1.O=C(N1CCCC(COc2ccc(F)cc2)C1)C1(c2ccc(Cl)cc2)CCC1.O=C(O)C1(c2ccc(Cl)cc2)CCC1.OCC1CCCNC1.Oc1ccc(F)cc1. The van der Waals surface area contributed by atoms with Crippen molar-refractivity contribution < 1.29 is 74.1 Å². The van der Waals surface area contributed by atoms with Gasteiger partial charge in [-0.15, -0.1) is 0 Å². The Morgan fingerprint density at radius 1 is 0.459 bits per heavy atom. The topological polar surface area (TPSA) is 258 Å². The van der Waals surface area contributed by atoms with Crippen LogP contribution in [0.15, 0.2) is 146 Å². The number of hydrogen-bond donors (Lipinski definition) is 5. The summed E-state index contributed by atoms with van der Waals surface area (Å²) in [7, 11) is -2.14. The minimum atomic E-state index is -3.45. The largest absolute Gasteiger partial charge is 0.508 e. The molecular formula is C82H103Cl5F2N4O14S2. The molecule has 0 aromatic heterocycles. The first-order valence-corrected chi connectivity index (χ1v) is 43.6. The molecule has 18 nitrogen and oxygen atoms in total. The minimum Gasteiger partial charge on any atom is -0.508 e. The average Bonchev–Trinajstić information content (AvgIpc) is 0.777. The van der Waals surface area contributed by atoms with E-state index >= 15 is 0 Å². The normalized spacial score (nSPS) is 21.3. The second-order valence-corrected chi connectivity index (χ2v) is 36.3. The first kappa shape index (κ1) is 88.4. The second kappa shape index (κ2) is 41.6. The Hall–Kier alpha value is -6.15. The van der Waals surface area contributed by atoms with Gasteiger partial charge in [0, 0.05) is 102 Å². The van der Waals surface area contributed by atoms with Crippen LogP contribution >= 0.6 is 57.1 Å². The zero-order valence-corrected chi connectivity index (χ0v) is 67.4. The summed E-state index contributed by atoms with van der Waals surface area (Å²) >= 11 is 23.7. The van der Waals surface area contributed by atoms with Crippen molar-refractivity contribution in [1.82, 2.24) is 20.0 Å². The fourth-order valence-corrected chi connectivity index (χ4v) is 16.2. The lowest BCUT2D eigenvalue weighted by molar-refractivity contribution is -0.147. The summed E-state index contributed by atoms with van der Waals surface area (Å²) in [6.45, 7) is 7.71. The molecule has 14 rings (SSSR count).